The van der Waals surface area contributed by atoms with Gasteiger partial charge in [-0.05, 0) is 35.7 Å². The molecule has 0 spiro atoms. The molecule has 0 aromatic heterocycles. The zero-order valence-corrected chi connectivity index (χ0v) is 11.9. The third kappa shape index (κ3) is 3.38. The lowest BCUT2D eigenvalue weighted by molar-refractivity contribution is 0.145. The van der Waals surface area contributed by atoms with Crippen molar-refractivity contribution in [3.05, 3.63) is 65.2 Å². The van der Waals surface area contributed by atoms with Crippen LogP contribution in [0, 0.1) is 6.92 Å². The van der Waals surface area contributed by atoms with Crippen molar-refractivity contribution in [1.82, 2.24) is 0 Å². The monoisotopic (exact) mass is 271 g/mol. The van der Waals surface area contributed by atoms with Crippen LogP contribution in [0.1, 0.15) is 22.7 Å². The van der Waals surface area contributed by atoms with E-state index in [1.54, 1.807) is 7.11 Å². The summed E-state index contributed by atoms with van der Waals surface area (Å²) in [7, 11) is 1.64. The van der Waals surface area contributed by atoms with Crippen molar-refractivity contribution in [2.45, 2.75) is 25.5 Å². The van der Waals surface area contributed by atoms with E-state index >= 15 is 0 Å². The summed E-state index contributed by atoms with van der Waals surface area (Å²) in [6.45, 7) is 1.98. The number of aliphatic hydroxyl groups is 1. The van der Waals surface area contributed by atoms with Gasteiger partial charge in [-0.25, -0.2) is 0 Å². The van der Waals surface area contributed by atoms with E-state index < -0.39 is 12.1 Å². The average molecular weight is 271 g/mol. The van der Waals surface area contributed by atoms with Gasteiger partial charge in [0, 0.05) is 6.42 Å². The highest BCUT2D eigenvalue weighted by molar-refractivity contribution is 5.37. The molecule has 2 aromatic rings. The second-order valence-electron chi connectivity index (χ2n) is 5.01. The Morgan fingerprint density at radius 1 is 1.15 bits per heavy atom. The van der Waals surface area contributed by atoms with Crippen molar-refractivity contribution < 1.29 is 9.84 Å². The van der Waals surface area contributed by atoms with Crippen LogP contribution in [-0.2, 0) is 6.42 Å². The highest BCUT2D eigenvalue weighted by Crippen LogP contribution is 2.24. The second kappa shape index (κ2) is 6.55. The summed E-state index contributed by atoms with van der Waals surface area (Å²) in [5.74, 6) is 0.802. The number of hydrogen-bond acceptors (Lipinski definition) is 3. The smallest absolute Gasteiger partial charge is 0.119 e. The van der Waals surface area contributed by atoms with Crippen LogP contribution >= 0.6 is 0 Å². The molecule has 0 amide bonds. The molecule has 2 rings (SSSR count). The van der Waals surface area contributed by atoms with Gasteiger partial charge in [0.1, 0.15) is 5.75 Å². The number of aryl methyl sites for hydroxylation is 1. The first-order chi connectivity index (χ1) is 9.61. The van der Waals surface area contributed by atoms with Crippen LogP contribution in [0.3, 0.4) is 0 Å². The van der Waals surface area contributed by atoms with E-state index in [-0.39, 0.29) is 0 Å². The third-order valence-corrected chi connectivity index (χ3v) is 3.54. The lowest BCUT2D eigenvalue weighted by atomic mass is 9.94. The third-order valence-electron chi connectivity index (χ3n) is 3.54. The van der Waals surface area contributed by atoms with Crippen molar-refractivity contribution in [2.75, 3.05) is 7.11 Å². The molecule has 2 atom stereocenters. The Morgan fingerprint density at radius 3 is 2.45 bits per heavy atom. The van der Waals surface area contributed by atoms with Crippen molar-refractivity contribution in [3.63, 3.8) is 0 Å². The van der Waals surface area contributed by atoms with Crippen LogP contribution in [0.15, 0.2) is 48.5 Å². The molecule has 0 aliphatic carbocycles. The van der Waals surface area contributed by atoms with Crippen LogP contribution in [0.2, 0.25) is 0 Å². The van der Waals surface area contributed by atoms with Gasteiger partial charge in [0.15, 0.2) is 0 Å². The summed E-state index contributed by atoms with van der Waals surface area (Å²) in [6.07, 6.45) is -0.0579. The van der Waals surface area contributed by atoms with Gasteiger partial charge in [-0.1, -0.05) is 36.4 Å². The predicted molar refractivity (Wildman–Crippen MR) is 80.8 cm³/mol. The van der Waals surface area contributed by atoms with Crippen LogP contribution in [0.5, 0.6) is 5.75 Å². The highest BCUT2D eigenvalue weighted by atomic mass is 16.5. The van der Waals surface area contributed by atoms with E-state index in [0.29, 0.717) is 6.42 Å². The summed E-state index contributed by atoms with van der Waals surface area (Å²) >= 11 is 0. The molecular weight excluding hydrogens is 250 g/mol. The molecule has 0 saturated carbocycles. The fourth-order valence-corrected chi connectivity index (χ4v) is 2.34. The first-order valence-corrected chi connectivity index (χ1v) is 6.74. The lowest BCUT2D eigenvalue weighted by Gasteiger charge is -2.21. The molecule has 0 aliphatic heterocycles. The average Bonchev–Trinajstić information content (AvgIpc) is 2.47. The zero-order chi connectivity index (χ0) is 14.5. The van der Waals surface area contributed by atoms with E-state index in [1.807, 2.05) is 55.5 Å². The summed E-state index contributed by atoms with van der Waals surface area (Å²) in [5, 5.41) is 10.3. The quantitative estimate of drug-likeness (QED) is 0.879. The summed E-state index contributed by atoms with van der Waals surface area (Å²) in [5.41, 5.74) is 9.26. The van der Waals surface area contributed by atoms with Gasteiger partial charge in [-0.3, -0.25) is 0 Å². The summed E-state index contributed by atoms with van der Waals surface area (Å²) in [6, 6.07) is 15.2. The fraction of sp³-hybridized carbons (Fsp3) is 0.294. The Balaban J connectivity index is 2.12. The molecule has 0 aliphatic rings. The maximum atomic E-state index is 10.3. The van der Waals surface area contributed by atoms with Gasteiger partial charge in [0.2, 0.25) is 0 Å². The molecule has 0 radical (unpaired) electrons. The minimum atomic E-state index is -0.607. The molecule has 0 bridgehead atoms. The van der Waals surface area contributed by atoms with E-state index in [4.69, 9.17) is 10.5 Å². The zero-order valence-electron chi connectivity index (χ0n) is 11.9. The van der Waals surface area contributed by atoms with Crippen LogP contribution in [0.25, 0.3) is 0 Å². The standard InChI is InChI=1S/C17H21NO2/c1-12-10-14(20-2)8-9-15(12)17(18)16(19)11-13-6-4-3-5-7-13/h3-10,16-17,19H,11,18H2,1-2H3/t16-,17+/m0/s1. The molecular formula is C17H21NO2. The Labute approximate surface area is 120 Å². The van der Waals surface area contributed by atoms with E-state index in [9.17, 15) is 5.11 Å². The molecule has 3 N–H and O–H groups in total. The van der Waals surface area contributed by atoms with Crippen LogP contribution < -0.4 is 10.5 Å². The molecule has 2 aromatic carbocycles. The van der Waals surface area contributed by atoms with Gasteiger partial charge in [0.05, 0.1) is 19.3 Å². The van der Waals surface area contributed by atoms with Gasteiger partial charge in [-0.2, -0.15) is 0 Å². The van der Waals surface area contributed by atoms with Crippen molar-refractivity contribution in [3.8, 4) is 5.75 Å². The predicted octanol–water partition coefficient (Wildman–Crippen LogP) is 2.61. The molecule has 0 unspecified atom stereocenters. The minimum absolute atomic E-state index is 0.402. The number of methoxy groups -OCH3 is 1. The number of aliphatic hydroxyl groups excluding tert-OH is 1. The molecule has 20 heavy (non-hydrogen) atoms. The Hall–Kier alpha value is -1.84. The maximum absolute atomic E-state index is 10.3. The summed E-state index contributed by atoms with van der Waals surface area (Å²) in [4.78, 5) is 0. The number of rotatable bonds is 5. The van der Waals surface area contributed by atoms with Crippen LogP contribution in [-0.4, -0.2) is 18.3 Å². The molecule has 3 heteroatoms. The Bertz CT molecular complexity index is 554. The maximum Gasteiger partial charge on any atom is 0.119 e. The minimum Gasteiger partial charge on any atom is -0.497 e. The SMILES string of the molecule is COc1ccc([C@@H](N)[C@@H](O)Cc2ccccc2)c(C)c1. The van der Waals surface area contributed by atoms with E-state index in [1.165, 1.54) is 0 Å². The number of nitrogens with two attached hydrogens (primary N) is 1. The normalized spacial score (nSPS) is 13.8. The highest BCUT2D eigenvalue weighted by Gasteiger charge is 2.19. The summed E-state index contributed by atoms with van der Waals surface area (Å²) < 4.78 is 5.18. The van der Waals surface area contributed by atoms with Crippen molar-refractivity contribution >= 4 is 0 Å². The van der Waals surface area contributed by atoms with Crippen molar-refractivity contribution in [2.24, 2.45) is 5.73 Å². The van der Waals surface area contributed by atoms with Gasteiger partial charge >= 0.3 is 0 Å². The molecule has 0 fully saturated rings. The Kier molecular flexibility index (Phi) is 4.77. The van der Waals surface area contributed by atoms with Crippen molar-refractivity contribution in [1.29, 1.82) is 0 Å². The topological polar surface area (TPSA) is 55.5 Å². The molecule has 0 saturated heterocycles. The van der Waals surface area contributed by atoms with Crippen LogP contribution in [0.4, 0.5) is 0 Å². The molecule has 0 heterocycles. The lowest BCUT2D eigenvalue weighted by Crippen LogP contribution is -2.28. The van der Waals surface area contributed by atoms with Gasteiger partial charge in [0.25, 0.3) is 0 Å². The first kappa shape index (κ1) is 14.6. The van der Waals surface area contributed by atoms with E-state index in [2.05, 4.69) is 0 Å². The number of hydrogen-bond donors (Lipinski definition) is 2. The van der Waals surface area contributed by atoms with E-state index in [0.717, 1.165) is 22.4 Å². The number of ether oxygens (including phenoxy) is 1. The van der Waals surface area contributed by atoms with Gasteiger partial charge < -0.3 is 15.6 Å². The first-order valence-electron chi connectivity index (χ1n) is 6.74. The fourth-order valence-electron chi connectivity index (χ4n) is 2.34. The molecule has 106 valence electrons. The largest absolute Gasteiger partial charge is 0.497 e. The second-order valence-corrected chi connectivity index (χ2v) is 5.01. The molecule has 3 nitrogen and oxygen atoms in total. The Morgan fingerprint density at radius 2 is 1.85 bits per heavy atom. The van der Waals surface area contributed by atoms with Gasteiger partial charge in [-0.15, -0.1) is 0 Å². The number of benzene rings is 2.